The van der Waals surface area contributed by atoms with Crippen LogP contribution in [-0.4, -0.2) is 86.3 Å². The molecule has 4 rings (SSSR count). The summed E-state index contributed by atoms with van der Waals surface area (Å²) < 4.78 is 17.3. The maximum absolute atomic E-state index is 14.9. The van der Waals surface area contributed by atoms with Gasteiger partial charge in [0.05, 0.1) is 18.3 Å². The molecule has 1 aromatic rings. The van der Waals surface area contributed by atoms with Crippen molar-refractivity contribution >= 4 is 23.7 Å². The molecule has 0 aliphatic heterocycles. The van der Waals surface area contributed by atoms with Gasteiger partial charge in [-0.2, -0.15) is 0 Å². The minimum atomic E-state index is -2.42. The van der Waals surface area contributed by atoms with Crippen LogP contribution in [0.2, 0.25) is 0 Å². The van der Waals surface area contributed by atoms with Crippen molar-refractivity contribution in [2.24, 2.45) is 22.7 Å². The molecular weight excluding hydrogens is 560 g/mol. The Morgan fingerprint density at radius 3 is 2.09 bits per heavy atom. The molecule has 1 aromatic carbocycles. The molecule has 2 bridgehead atoms. The molecule has 0 heterocycles. The number of benzene rings is 1. The molecule has 3 aliphatic carbocycles. The third-order valence-electron chi connectivity index (χ3n) is 10.4. The topological polar surface area (TPSA) is 177 Å². The number of hydrogen-bond acceptors (Lipinski definition) is 11. The van der Waals surface area contributed by atoms with Gasteiger partial charge in [-0.3, -0.25) is 14.4 Å². The number of aliphatic hydroxyl groups excluding tert-OH is 2. The fourth-order valence-electron chi connectivity index (χ4n) is 7.83. The highest BCUT2D eigenvalue weighted by Gasteiger charge is 2.74. The highest BCUT2D eigenvalue weighted by atomic mass is 16.6. The number of ketones is 1. The summed E-state index contributed by atoms with van der Waals surface area (Å²) in [5.41, 5.74) is -7.24. The monoisotopic (exact) mass is 602 g/mol. The fourth-order valence-corrected chi connectivity index (χ4v) is 7.83. The molecule has 4 N–H and O–H groups in total. The van der Waals surface area contributed by atoms with Gasteiger partial charge in [-0.1, -0.05) is 45.9 Å². The van der Waals surface area contributed by atoms with Crippen LogP contribution in [0.25, 0.3) is 0 Å². The molecule has 9 atom stereocenters. The number of fused-ring (bicyclic) bond motifs is 3. The van der Waals surface area contributed by atoms with Crippen molar-refractivity contribution in [3.63, 3.8) is 0 Å². The Morgan fingerprint density at radius 1 is 0.977 bits per heavy atom. The van der Waals surface area contributed by atoms with Crippen molar-refractivity contribution in [2.45, 2.75) is 96.9 Å². The van der Waals surface area contributed by atoms with Crippen LogP contribution in [0.1, 0.15) is 71.7 Å². The van der Waals surface area contributed by atoms with Crippen LogP contribution >= 0.6 is 0 Å². The molecule has 2 saturated carbocycles. The Labute approximate surface area is 250 Å². The van der Waals surface area contributed by atoms with Gasteiger partial charge in [0, 0.05) is 37.0 Å². The van der Waals surface area contributed by atoms with Gasteiger partial charge in [0.25, 0.3) is 0 Å². The zero-order valence-corrected chi connectivity index (χ0v) is 25.6. The van der Waals surface area contributed by atoms with Crippen LogP contribution in [0.3, 0.4) is 0 Å². The molecule has 0 radical (unpaired) electrons. The summed E-state index contributed by atoms with van der Waals surface area (Å²) in [6.07, 6.45) is -6.50. The number of Topliss-reactive ketones (excluding diaryl/α,β-unsaturated/α-hetero) is 1. The predicted molar refractivity (Wildman–Crippen MR) is 151 cm³/mol. The maximum atomic E-state index is 14.9. The third-order valence-corrected chi connectivity index (χ3v) is 10.4. The van der Waals surface area contributed by atoms with E-state index in [4.69, 9.17) is 14.2 Å². The Bertz CT molecular complexity index is 1340. The van der Waals surface area contributed by atoms with E-state index in [1.807, 2.05) is 0 Å². The maximum Gasteiger partial charge on any atom is 0.338 e. The average Bonchev–Trinajstić information content (AvgIpc) is 2.93. The van der Waals surface area contributed by atoms with E-state index in [0.29, 0.717) is 5.57 Å². The summed E-state index contributed by atoms with van der Waals surface area (Å²) in [5.74, 6) is -5.42. The number of hydrogen-bond donors (Lipinski definition) is 4. The fraction of sp³-hybridized carbons (Fsp3) is 0.625. The summed E-state index contributed by atoms with van der Waals surface area (Å²) in [4.78, 5) is 53.2. The number of esters is 3. The highest BCUT2D eigenvalue weighted by Crippen LogP contribution is 2.63. The first kappa shape index (κ1) is 32.8. The van der Waals surface area contributed by atoms with Crippen LogP contribution in [-0.2, 0) is 28.6 Å². The van der Waals surface area contributed by atoms with Gasteiger partial charge in [0.15, 0.2) is 11.9 Å². The number of rotatable bonds is 5. The van der Waals surface area contributed by atoms with Gasteiger partial charge < -0.3 is 34.6 Å². The Balaban J connectivity index is 2.11. The van der Waals surface area contributed by atoms with Crippen LogP contribution in [0, 0.1) is 22.7 Å². The van der Waals surface area contributed by atoms with Crippen molar-refractivity contribution < 1.29 is 53.8 Å². The van der Waals surface area contributed by atoms with Gasteiger partial charge >= 0.3 is 17.9 Å². The molecule has 3 aliphatic rings. The van der Waals surface area contributed by atoms with E-state index < -0.39 is 88.6 Å². The van der Waals surface area contributed by atoms with Gasteiger partial charge in [-0.25, -0.2) is 4.79 Å². The minimum absolute atomic E-state index is 0.0794. The van der Waals surface area contributed by atoms with Crippen LogP contribution in [0.5, 0.6) is 0 Å². The lowest BCUT2D eigenvalue weighted by Crippen LogP contribution is -2.77. The SMILES string of the molecule is CC(=O)O[C@H]1C(=O)[C@]2(C)C(C)C[C@H](OC(C)=O)[C@@](O)(CO)C2[C@H](OC(=O)c2ccccc2)[C@]2(O)C[C@H](O)C(C)=C1C2(C)C. The summed E-state index contributed by atoms with van der Waals surface area (Å²) in [5, 5.41) is 47.3. The van der Waals surface area contributed by atoms with Gasteiger partial charge in [0.1, 0.15) is 23.4 Å². The van der Waals surface area contributed by atoms with E-state index in [1.54, 1.807) is 45.9 Å². The number of ether oxygens (including phenoxy) is 3. The largest absolute Gasteiger partial charge is 0.459 e. The van der Waals surface area contributed by atoms with E-state index in [-0.39, 0.29) is 24.0 Å². The normalized spacial score (nSPS) is 38.7. The summed E-state index contributed by atoms with van der Waals surface area (Å²) in [6.45, 7) is 9.18. The molecule has 43 heavy (non-hydrogen) atoms. The second kappa shape index (κ2) is 11.1. The predicted octanol–water partition coefficient (Wildman–Crippen LogP) is 1.88. The molecule has 0 aromatic heterocycles. The van der Waals surface area contributed by atoms with Crippen molar-refractivity contribution in [3.05, 3.63) is 47.0 Å². The Kier molecular flexibility index (Phi) is 8.47. The van der Waals surface area contributed by atoms with Crippen molar-refractivity contribution in [1.29, 1.82) is 0 Å². The molecule has 236 valence electrons. The zero-order chi connectivity index (χ0) is 32.3. The third kappa shape index (κ3) is 4.90. The van der Waals surface area contributed by atoms with E-state index in [2.05, 4.69) is 0 Å². The van der Waals surface area contributed by atoms with Crippen LogP contribution in [0.15, 0.2) is 41.5 Å². The molecular formula is C32H42O11. The lowest BCUT2D eigenvalue weighted by atomic mass is 9.44. The lowest BCUT2D eigenvalue weighted by molar-refractivity contribution is -0.280. The second-order valence-corrected chi connectivity index (χ2v) is 13.1. The van der Waals surface area contributed by atoms with Crippen molar-refractivity contribution in [3.8, 4) is 0 Å². The summed E-state index contributed by atoms with van der Waals surface area (Å²) in [6, 6.07) is 7.92. The molecule has 0 spiro atoms. The van der Waals surface area contributed by atoms with E-state index in [9.17, 15) is 39.6 Å². The van der Waals surface area contributed by atoms with Gasteiger partial charge in [-0.05, 0) is 42.5 Å². The van der Waals surface area contributed by atoms with Gasteiger partial charge in [0.2, 0.25) is 0 Å². The molecule has 2 fully saturated rings. The molecule has 11 nitrogen and oxygen atoms in total. The molecule has 11 heteroatoms. The van der Waals surface area contributed by atoms with E-state index >= 15 is 0 Å². The Morgan fingerprint density at radius 2 is 1.56 bits per heavy atom. The first-order valence-electron chi connectivity index (χ1n) is 14.5. The number of carbonyl (C=O) groups is 4. The van der Waals surface area contributed by atoms with Crippen LogP contribution in [0.4, 0.5) is 0 Å². The second-order valence-electron chi connectivity index (χ2n) is 13.1. The minimum Gasteiger partial charge on any atom is -0.459 e. The molecule has 0 saturated heterocycles. The smallest absolute Gasteiger partial charge is 0.338 e. The first-order chi connectivity index (χ1) is 19.9. The van der Waals surface area contributed by atoms with Crippen molar-refractivity contribution in [2.75, 3.05) is 6.61 Å². The summed E-state index contributed by atoms with van der Waals surface area (Å²) in [7, 11) is 0. The van der Waals surface area contributed by atoms with Gasteiger partial charge in [-0.15, -0.1) is 0 Å². The number of carbonyl (C=O) groups excluding carboxylic acids is 4. The molecule has 2 unspecified atom stereocenters. The standard InChI is InChI=1S/C32H42O11/c1-16-13-22(41-18(3)34)31(39,15-33)25-27(43-28(38)20-11-9-8-10-12-20)32(40)14-21(36)17(2)23(29(32,5)6)24(42-19(4)35)26(37)30(16,25)7/h8-12,16,21-22,24-25,27,33,36,39-40H,13-15H2,1-7H3/t16?,21-,22-,24+,25?,27-,30+,31-,32+/m0/s1. The number of aliphatic hydroxyl groups is 4. The zero-order valence-electron chi connectivity index (χ0n) is 25.6. The van der Waals surface area contributed by atoms with Crippen molar-refractivity contribution in [1.82, 2.24) is 0 Å². The van der Waals surface area contributed by atoms with Crippen LogP contribution < -0.4 is 0 Å². The van der Waals surface area contributed by atoms with E-state index in [1.165, 1.54) is 19.1 Å². The quantitative estimate of drug-likeness (QED) is 0.220. The summed E-state index contributed by atoms with van der Waals surface area (Å²) >= 11 is 0. The Hall–Kier alpha value is -3.12. The molecule has 0 amide bonds. The lowest BCUT2D eigenvalue weighted by Gasteiger charge is -2.64. The first-order valence-corrected chi connectivity index (χ1v) is 14.5. The average molecular weight is 603 g/mol. The highest BCUT2D eigenvalue weighted by molar-refractivity contribution is 5.95. The van der Waals surface area contributed by atoms with E-state index in [0.717, 1.165) is 13.8 Å².